The maximum absolute atomic E-state index is 10.8. The molecule has 0 aromatic heterocycles. The summed E-state index contributed by atoms with van der Waals surface area (Å²) in [4.78, 5) is 10.8. The molecule has 1 N–H and O–H groups in total. The van der Waals surface area contributed by atoms with E-state index in [-0.39, 0.29) is 5.91 Å². The van der Waals surface area contributed by atoms with Crippen molar-refractivity contribution < 1.29 is 14.3 Å². The summed E-state index contributed by atoms with van der Waals surface area (Å²) in [7, 11) is 3.25. The van der Waals surface area contributed by atoms with Crippen molar-refractivity contribution in [3.63, 3.8) is 0 Å². The minimum Gasteiger partial charge on any atom is -0.493 e. The SMILES string of the molecule is COc1ccc(CC(C)CNC(C)=O)cc1OC. The summed E-state index contributed by atoms with van der Waals surface area (Å²) >= 11 is 0. The van der Waals surface area contributed by atoms with Gasteiger partial charge in [0.15, 0.2) is 11.5 Å². The van der Waals surface area contributed by atoms with Crippen molar-refractivity contribution in [3.8, 4) is 11.5 Å². The van der Waals surface area contributed by atoms with Crippen molar-refractivity contribution in [2.45, 2.75) is 20.3 Å². The van der Waals surface area contributed by atoms with Crippen LogP contribution in [0.1, 0.15) is 19.4 Å². The van der Waals surface area contributed by atoms with Crippen LogP contribution in [0.2, 0.25) is 0 Å². The van der Waals surface area contributed by atoms with Crippen LogP contribution in [0.3, 0.4) is 0 Å². The van der Waals surface area contributed by atoms with Crippen LogP contribution in [0.5, 0.6) is 11.5 Å². The van der Waals surface area contributed by atoms with Crippen LogP contribution in [-0.4, -0.2) is 26.7 Å². The lowest BCUT2D eigenvalue weighted by molar-refractivity contribution is -0.119. The van der Waals surface area contributed by atoms with Gasteiger partial charge < -0.3 is 14.8 Å². The first-order valence-electron chi connectivity index (χ1n) is 6.02. The van der Waals surface area contributed by atoms with Gasteiger partial charge in [0.1, 0.15) is 0 Å². The molecule has 0 radical (unpaired) electrons. The lowest BCUT2D eigenvalue weighted by atomic mass is 10.0. The van der Waals surface area contributed by atoms with E-state index in [4.69, 9.17) is 9.47 Å². The predicted molar refractivity (Wildman–Crippen MR) is 71.1 cm³/mol. The van der Waals surface area contributed by atoms with Crippen molar-refractivity contribution in [1.29, 1.82) is 0 Å². The lowest BCUT2D eigenvalue weighted by Crippen LogP contribution is -2.26. The molecule has 1 atom stereocenters. The summed E-state index contributed by atoms with van der Waals surface area (Å²) in [6, 6.07) is 5.90. The molecule has 100 valence electrons. The largest absolute Gasteiger partial charge is 0.493 e. The van der Waals surface area contributed by atoms with Crippen molar-refractivity contribution in [2.24, 2.45) is 5.92 Å². The molecule has 4 nitrogen and oxygen atoms in total. The first-order valence-corrected chi connectivity index (χ1v) is 6.02. The molecule has 0 fully saturated rings. The van der Waals surface area contributed by atoms with E-state index < -0.39 is 0 Å². The second-order valence-electron chi connectivity index (χ2n) is 4.44. The van der Waals surface area contributed by atoms with E-state index >= 15 is 0 Å². The zero-order chi connectivity index (χ0) is 13.5. The fourth-order valence-corrected chi connectivity index (χ4v) is 1.80. The van der Waals surface area contributed by atoms with Crippen LogP contribution in [0.4, 0.5) is 0 Å². The Balaban J connectivity index is 2.64. The highest BCUT2D eigenvalue weighted by Gasteiger charge is 2.08. The van der Waals surface area contributed by atoms with E-state index in [2.05, 4.69) is 12.2 Å². The molecule has 0 bridgehead atoms. The third kappa shape index (κ3) is 4.28. The van der Waals surface area contributed by atoms with Gasteiger partial charge in [-0.15, -0.1) is 0 Å². The number of carbonyl (C=O) groups is 1. The topological polar surface area (TPSA) is 47.6 Å². The Hall–Kier alpha value is -1.71. The fraction of sp³-hybridized carbons (Fsp3) is 0.500. The van der Waals surface area contributed by atoms with E-state index in [1.54, 1.807) is 14.2 Å². The quantitative estimate of drug-likeness (QED) is 0.841. The van der Waals surface area contributed by atoms with Gasteiger partial charge in [-0.2, -0.15) is 0 Å². The summed E-state index contributed by atoms with van der Waals surface area (Å²) in [6.07, 6.45) is 0.890. The van der Waals surface area contributed by atoms with Gasteiger partial charge in [-0.1, -0.05) is 13.0 Å². The molecular formula is C14H21NO3. The molecule has 0 saturated heterocycles. The third-order valence-electron chi connectivity index (χ3n) is 2.73. The van der Waals surface area contributed by atoms with Crippen molar-refractivity contribution in [1.82, 2.24) is 5.32 Å². The van der Waals surface area contributed by atoms with E-state index in [0.717, 1.165) is 17.9 Å². The van der Waals surface area contributed by atoms with Gasteiger partial charge in [0, 0.05) is 13.5 Å². The van der Waals surface area contributed by atoms with Gasteiger partial charge in [0.2, 0.25) is 5.91 Å². The maximum atomic E-state index is 10.8. The average molecular weight is 251 g/mol. The molecule has 1 aromatic rings. The van der Waals surface area contributed by atoms with Gasteiger partial charge in [-0.05, 0) is 30.0 Å². The van der Waals surface area contributed by atoms with E-state index in [0.29, 0.717) is 12.5 Å². The minimum atomic E-state index is 0.00848. The molecule has 1 amide bonds. The molecule has 1 rings (SSSR count). The Morgan fingerprint density at radius 3 is 2.50 bits per heavy atom. The summed E-state index contributed by atoms with van der Waals surface area (Å²) in [5.74, 6) is 1.86. The summed E-state index contributed by atoms with van der Waals surface area (Å²) < 4.78 is 10.5. The molecule has 1 aromatic carbocycles. The number of methoxy groups -OCH3 is 2. The maximum Gasteiger partial charge on any atom is 0.216 e. The highest BCUT2D eigenvalue weighted by molar-refractivity contribution is 5.72. The Labute approximate surface area is 108 Å². The number of ether oxygens (including phenoxy) is 2. The number of hydrogen-bond donors (Lipinski definition) is 1. The molecule has 4 heteroatoms. The minimum absolute atomic E-state index is 0.00848. The van der Waals surface area contributed by atoms with Gasteiger partial charge in [0.05, 0.1) is 14.2 Å². The number of carbonyl (C=O) groups excluding carboxylic acids is 1. The smallest absolute Gasteiger partial charge is 0.216 e. The summed E-state index contributed by atoms with van der Waals surface area (Å²) in [5, 5.41) is 2.82. The molecule has 18 heavy (non-hydrogen) atoms. The average Bonchev–Trinajstić information content (AvgIpc) is 2.36. The van der Waals surface area contributed by atoms with Crippen LogP contribution in [0, 0.1) is 5.92 Å². The first-order chi connectivity index (χ1) is 8.56. The van der Waals surface area contributed by atoms with E-state index in [1.165, 1.54) is 12.5 Å². The standard InChI is InChI=1S/C14H21NO3/c1-10(9-15-11(2)16)7-12-5-6-13(17-3)14(8-12)18-4/h5-6,8,10H,7,9H2,1-4H3,(H,15,16). The molecule has 0 saturated carbocycles. The van der Waals surface area contributed by atoms with Gasteiger partial charge >= 0.3 is 0 Å². The zero-order valence-electron chi connectivity index (χ0n) is 11.4. The van der Waals surface area contributed by atoms with Crippen molar-refractivity contribution in [2.75, 3.05) is 20.8 Å². The second-order valence-corrected chi connectivity index (χ2v) is 4.44. The highest BCUT2D eigenvalue weighted by Crippen LogP contribution is 2.28. The molecule has 0 aliphatic rings. The fourth-order valence-electron chi connectivity index (χ4n) is 1.80. The number of rotatable bonds is 6. The summed E-state index contributed by atoms with van der Waals surface area (Å²) in [6.45, 7) is 4.32. The highest BCUT2D eigenvalue weighted by atomic mass is 16.5. The first kappa shape index (κ1) is 14.4. The Kier molecular flexibility index (Phi) is 5.49. The zero-order valence-corrected chi connectivity index (χ0v) is 11.4. The molecule has 1 unspecified atom stereocenters. The Morgan fingerprint density at radius 1 is 1.28 bits per heavy atom. The van der Waals surface area contributed by atoms with E-state index in [1.807, 2.05) is 18.2 Å². The molecule has 0 heterocycles. The van der Waals surface area contributed by atoms with Gasteiger partial charge in [0.25, 0.3) is 0 Å². The second kappa shape index (κ2) is 6.89. The van der Waals surface area contributed by atoms with Crippen molar-refractivity contribution >= 4 is 5.91 Å². The number of amides is 1. The van der Waals surface area contributed by atoms with Crippen LogP contribution >= 0.6 is 0 Å². The summed E-state index contributed by atoms with van der Waals surface area (Å²) in [5.41, 5.74) is 1.17. The number of nitrogens with one attached hydrogen (secondary N) is 1. The van der Waals surface area contributed by atoms with Crippen LogP contribution in [-0.2, 0) is 11.2 Å². The molecule has 0 aliphatic heterocycles. The van der Waals surface area contributed by atoms with Gasteiger partial charge in [-0.25, -0.2) is 0 Å². The van der Waals surface area contributed by atoms with Crippen molar-refractivity contribution in [3.05, 3.63) is 23.8 Å². The van der Waals surface area contributed by atoms with Crippen LogP contribution < -0.4 is 14.8 Å². The van der Waals surface area contributed by atoms with Gasteiger partial charge in [-0.3, -0.25) is 4.79 Å². The van der Waals surface area contributed by atoms with Crippen LogP contribution in [0.25, 0.3) is 0 Å². The third-order valence-corrected chi connectivity index (χ3v) is 2.73. The Morgan fingerprint density at radius 2 is 1.94 bits per heavy atom. The Bertz CT molecular complexity index is 404. The number of benzene rings is 1. The monoisotopic (exact) mass is 251 g/mol. The normalized spacial score (nSPS) is 11.8. The lowest BCUT2D eigenvalue weighted by Gasteiger charge is -2.14. The van der Waals surface area contributed by atoms with Crippen LogP contribution in [0.15, 0.2) is 18.2 Å². The molecule has 0 spiro atoms. The predicted octanol–water partition coefficient (Wildman–Crippen LogP) is 2.02. The molecular weight excluding hydrogens is 230 g/mol. The number of hydrogen-bond acceptors (Lipinski definition) is 3. The molecule has 0 aliphatic carbocycles. The van der Waals surface area contributed by atoms with E-state index in [9.17, 15) is 4.79 Å².